The van der Waals surface area contributed by atoms with Crippen molar-refractivity contribution in [3.8, 4) is 5.75 Å². The van der Waals surface area contributed by atoms with Crippen molar-refractivity contribution in [1.82, 2.24) is 0 Å². The molecule has 3 N–H and O–H groups in total. The van der Waals surface area contributed by atoms with Gasteiger partial charge >= 0.3 is 0 Å². The van der Waals surface area contributed by atoms with E-state index in [2.05, 4.69) is 15.9 Å². The number of aromatic hydroxyl groups is 1. The minimum atomic E-state index is -0.395. The summed E-state index contributed by atoms with van der Waals surface area (Å²) in [7, 11) is 0. The van der Waals surface area contributed by atoms with Crippen molar-refractivity contribution in [2.75, 3.05) is 0 Å². The van der Waals surface area contributed by atoms with E-state index in [1.54, 1.807) is 12.1 Å². The maximum absolute atomic E-state index is 11.3. The third-order valence-corrected chi connectivity index (χ3v) is 3.47. The molecule has 0 aliphatic rings. The molecule has 0 aliphatic carbocycles. The van der Waals surface area contributed by atoms with Crippen LogP contribution in [-0.4, -0.2) is 11.0 Å². The number of hydrogen-bond acceptors (Lipinski definition) is 2. The number of nitrogens with two attached hydrogens (primary N) is 1. The van der Waals surface area contributed by atoms with E-state index < -0.39 is 5.91 Å². The smallest absolute Gasteiger partial charge is 0.218 e. The third kappa shape index (κ3) is 3.35. The van der Waals surface area contributed by atoms with Crippen LogP contribution in [0.15, 0.2) is 53.0 Å². The van der Waals surface area contributed by atoms with Crippen molar-refractivity contribution in [3.05, 3.63) is 64.1 Å². The molecular weight excluding hydrogens is 306 g/mol. The summed E-state index contributed by atoms with van der Waals surface area (Å²) in [6, 6.07) is 14.7. The lowest BCUT2D eigenvalue weighted by Crippen LogP contribution is -2.16. The van der Waals surface area contributed by atoms with Crippen LogP contribution in [0.25, 0.3) is 0 Å². The molecule has 1 amide bonds. The lowest BCUT2D eigenvalue weighted by molar-refractivity contribution is -0.118. The van der Waals surface area contributed by atoms with Crippen LogP contribution >= 0.6 is 15.9 Å². The molecule has 4 heteroatoms. The first-order valence-corrected chi connectivity index (χ1v) is 6.69. The largest absolute Gasteiger partial charge is 0.508 e. The molecule has 0 saturated carbocycles. The second-order valence-corrected chi connectivity index (χ2v) is 5.25. The van der Waals surface area contributed by atoms with Crippen LogP contribution in [0, 0.1) is 0 Å². The lowest BCUT2D eigenvalue weighted by Gasteiger charge is -2.18. The van der Waals surface area contributed by atoms with Gasteiger partial charge in [-0.2, -0.15) is 0 Å². The molecule has 2 aromatic carbocycles. The molecule has 0 bridgehead atoms. The average molecular weight is 320 g/mol. The average Bonchev–Trinajstić information content (AvgIpc) is 2.40. The number of hydrogen-bond donors (Lipinski definition) is 2. The van der Waals surface area contributed by atoms with Crippen LogP contribution in [0.4, 0.5) is 0 Å². The van der Waals surface area contributed by atoms with Gasteiger partial charge < -0.3 is 10.8 Å². The van der Waals surface area contributed by atoms with Gasteiger partial charge in [-0.15, -0.1) is 0 Å². The fourth-order valence-electron chi connectivity index (χ4n) is 2.10. The number of primary amides is 1. The molecule has 2 rings (SSSR count). The first-order chi connectivity index (χ1) is 9.08. The topological polar surface area (TPSA) is 63.3 Å². The molecule has 0 radical (unpaired) electrons. The zero-order valence-electron chi connectivity index (χ0n) is 10.2. The molecule has 0 unspecified atom stereocenters. The zero-order valence-corrected chi connectivity index (χ0v) is 11.8. The third-order valence-electron chi connectivity index (χ3n) is 2.97. The fourth-order valence-corrected chi connectivity index (χ4v) is 2.48. The van der Waals surface area contributed by atoms with Crippen molar-refractivity contribution in [2.24, 2.45) is 5.73 Å². The molecule has 0 aliphatic heterocycles. The van der Waals surface area contributed by atoms with Crippen molar-refractivity contribution in [2.45, 2.75) is 12.3 Å². The Morgan fingerprint density at radius 1 is 1.21 bits per heavy atom. The number of amides is 1. The fraction of sp³-hybridized carbons (Fsp3) is 0.133. The second kappa shape index (κ2) is 5.89. The van der Waals surface area contributed by atoms with Crippen molar-refractivity contribution < 1.29 is 9.90 Å². The Hall–Kier alpha value is -1.81. The van der Waals surface area contributed by atoms with Gasteiger partial charge in [-0.1, -0.05) is 46.3 Å². The van der Waals surface area contributed by atoms with Gasteiger partial charge in [0.2, 0.25) is 5.91 Å². The van der Waals surface area contributed by atoms with Gasteiger partial charge in [-0.05, 0) is 23.8 Å². The number of phenolic OH excluding ortho intramolecular Hbond substituents is 1. The van der Waals surface area contributed by atoms with E-state index in [1.165, 1.54) is 0 Å². The van der Waals surface area contributed by atoms with E-state index in [1.807, 2.05) is 36.4 Å². The quantitative estimate of drug-likeness (QED) is 0.909. The van der Waals surface area contributed by atoms with Gasteiger partial charge in [0.05, 0.1) is 0 Å². The summed E-state index contributed by atoms with van der Waals surface area (Å²) in [6.07, 6.45) is 0.161. The monoisotopic (exact) mass is 319 g/mol. The summed E-state index contributed by atoms with van der Waals surface area (Å²) in [4.78, 5) is 11.3. The highest BCUT2D eigenvalue weighted by atomic mass is 79.9. The van der Waals surface area contributed by atoms with Crippen LogP contribution in [0.5, 0.6) is 5.75 Å². The first kappa shape index (κ1) is 13.6. The van der Waals surface area contributed by atoms with Crippen molar-refractivity contribution in [3.63, 3.8) is 0 Å². The summed E-state index contributed by atoms with van der Waals surface area (Å²) < 4.78 is 0.853. The van der Waals surface area contributed by atoms with Gasteiger partial charge in [0.1, 0.15) is 5.75 Å². The molecule has 1 atom stereocenters. The van der Waals surface area contributed by atoms with E-state index in [0.717, 1.165) is 10.0 Å². The van der Waals surface area contributed by atoms with E-state index in [4.69, 9.17) is 5.73 Å². The maximum atomic E-state index is 11.3. The number of halogens is 1. The molecule has 0 heterocycles. The molecule has 0 saturated heterocycles. The first-order valence-electron chi connectivity index (χ1n) is 5.89. The Balaban J connectivity index is 2.48. The Kier molecular flexibility index (Phi) is 4.22. The minimum Gasteiger partial charge on any atom is -0.508 e. The molecule has 0 fully saturated rings. The zero-order chi connectivity index (χ0) is 13.8. The van der Waals surface area contributed by atoms with E-state index in [-0.39, 0.29) is 18.1 Å². The number of rotatable bonds is 4. The van der Waals surface area contributed by atoms with E-state index >= 15 is 0 Å². The van der Waals surface area contributed by atoms with Gasteiger partial charge in [-0.25, -0.2) is 0 Å². The Morgan fingerprint density at radius 2 is 1.89 bits per heavy atom. The van der Waals surface area contributed by atoms with Gasteiger partial charge in [0.15, 0.2) is 0 Å². The highest BCUT2D eigenvalue weighted by molar-refractivity contribution is 9.10. The highest BCUT2D eigenvalue weighted by Gasteiger charge is 2.20. The summed E-state index contributed by atoms with van der Waals surface area (Å²) in [5.74, 6) is -0.470. The normalized spacial score (nSPS) is 12.1. The Morgan fingerprint density at radius 3 is 2.53 bits per heavy atom. The van der Waals surface area contributed by atoms with Gasteiger partial charge in [-0.3, -0.25) is 4.79 Å². The summed E-state index contributed by atoms with van der Waals surface area (Å²) in [5.41, 5.74) is 6.97. The molecular formula is C15H14BrNO2. The summed E-state index contributed by atoms with van der Waals surface area (Å²) >= 11 is 3.38. The Labute approximate surface area is 120 Å². The standard InChI is InChI=1S/C15H14BrNO2/c16-11-6-7-14(18)13(8-11)12(9-15(17)19)10-4-2-1-3-5-10/h1-8,12,18H,9H2,(H2,17,19)/t12-/m0/s1. The Bertz CT molecular complexity index is 584. The van der Waals surface area contributed by atoms with E-state index in [0.29, 0.717) is 5.56 Å². The van der Waals surface area contributed by atoms with Crippen LogP contribution in [0.3, 0.4) is 0 Å². The summed E-state index contributed by atoms with van der Waals surface area (Å²) in [6.45, 7) is 0. The number of benzene rings is 2. The molecule has 2 aromatic rings. The molecule has 98 valence electrons. The molecule has 0 aromatic heterocycles. The lowest BCUT2D eigenvalue weighted by atomic mass is 9.88. The number of phenols is 1. The molecule has 3 nitrogen and oxygen atoms in total. The van der Waals surface area contributed by atoms with Gasteiger partial charge in [0.25, 0.3) is 0 Å². The predicted molar refractivity (Wildman–Crippen MR) is 77.9 cm³/mol. The predicted octanol–water partition coefficient (Wildman–Crippen LogP) is 3.16. The second-order valence-electron chi connectivity index (χ2n) is 4.34. The van der Waals surface area contributed by atoms with Crippen LogP contribution in [-0.2, 0) is 4.79 Å². The molecule has 0 spiro atoms. The number of carbonyl (C=O) groups excluding carboxylic acids is 1. The maximum Gasteiger partial charge on any atom is 0.218 e. The number of carbonyl (C=O) groups is 1. The van der Waals surface area contributed by atoms with E-state index in [9.17, 15) is 9.90 Å². The minimum absolute atomic E-state index is 0.161. The summed E-state index contributed by atoms with van der Waals surface area (Å²) in [5, 5.41) is 10.0. The van der Waals surface area contributed by atoms with Gasteiger partial charge in [0, 0.05) is 22.4 Å². The van der Waals surface area contributed by atoms with Crippen LogP contribution in [0.2, 0.25) is 0 Å². The molecule has 19 heavy (non-hydrogen) atoms. The van der Waals surface area contributed by atoms with Crippen molar-refractivity contribution in [1.29, 1.82) is 0 Å². The highest BCUT2D eigenvalue weighted by Crippen LogP contribution is 2.35. The van der Waals surface area contributed by atoms with Crippen molar-refractivity contribution >= 4 is 21.8 Å². The SMILES string of the molecule is NC(=O)C[C@@H](c1ccccc1)c1cc(Br)ccc1O. The van der Waals surface area contributed by atoms with Crippen LogP contribution < -0.4 is 5.73 Å². The van der Waals surface area contributed by atoms with Crippen LogP contribution in [0.1, 0.15) is 23.5 Å².